The Balaban J connectivity index is 1.66. The normalized spacial score (nSPS) is 20.5. The first kappa shape index (κ1) is 23.1. The van der Waals surface area contributed by atoms with Crippen LogP contribution < -0.4 is 10.6 Å². The largest absolute Gasteiger partial charge is 0.350 e. The molecule has 3 amide bonds. The van der Waals surface area contributed by atoms with Gasteiger partial charge in [-0.3, -0.25) is 14.4 Å². The molecule has 1 aliphatic heterocycles. The van der Waals surface area contributed by atoms with E-state index in [1.54, 1.807) is 38.1 Å². The van der Waals surface area contributed by atoms with Crippen LogP contribution in [0.4, 0.5) is 4.39 Å². The fourth-order valence-corrected chi connectivity index (χ4v) is 3.79. The van der Waals surface area contributed by atoms with Gasteiger partial charge in [-0.2, -0.15) is 17.9 Å². The molecule has 1 aliphatic carbocycles. The zero-order valence-electron chi connectivity index (χ0n) is 17.7. The van der Waals surface area contributed by atoms with Crippen molar-refractivity contribution < 1.29 is 18.8 Å². The average Bonchev–Trinajstić information content (AvgIpc) is 3.29. The van der Waals surface area contributed by atoms with Gasteiger partial charge in [0.2, 0.25) is 11.8 Å². The fraction of sp³-hybridized carbons (Fsp3) is 0.545. The summed E-state index contributed by atoms with van der Waals surface area (Å²) in [6.07, 6.45) is 1.46. The van der Waals surface area contributed by atoms with Gasteiger partial charge in [0.15, 0.2) is 5.67 Å². The van der Waals surface area contributed by atoms with Crippen LogP contribution in [0.2, 0.25) is 0 Å². The second-order valence-corrected chi connectivity index (χ2v) is 9.89. The van der Waals surface area contributed by atoms with Crippen molar-refractivity contribution in [3.8, 4) is 6.07 Å². The number of benzene rings is 1. The number of halogens is 1. The Morgan fingerprint density at radius 2 is 1.97 bits per heavy atom. The molecule has 2 atom stereocenters. The number of alkyl halides is 1. The standard InChI is InChI=1S/C22H27FN4O3S/c1-21(2,31)17(26-20(30)22(23)9-10-22)19(29)27-11-3-4-16(27)18(28)25-13-15-7-5-14(12-24)6-8-15/h5-8,16-17,31H,3-4,9-11,13H2,1-2H3,(H,25,28)(H,26,30). The molecular weight excluding hydrogens is 419 g/mol. The lowest BCUT2D eigenvalue weighted by Gasteiger charge is -2.35. The minimum absolute atomic E-state index is 0.150. The van der Waals surface area contributed by atoms with Gasteiger partial charge in [0.05, 0.1) is 11.6 Å². The van der Waals surface area contributed by atoms with Crippen LogP contribution in [0.1, 0.15) is 50.7 Å². The Kier molecular flexibility index (Phi) is 6.60. The van der Waals surface area contributed by atoms with Gasteiger partial charge in [0.25, 0.3) is 5.91 Å². The molecule has 7 nitrogen and oxygen atoms in total. The molecule has 3 rings (SSSR count). The summed E-state index contributed by atoms with van der Waals surface area (Å²) < 4.78 is 13.2. The lowest BCUT2D eigenvalue weighted by molar-refractivity contribution is -0.142. The van der Waals surface area contributed by atoms with Crippen molar-refractivity contribution in [2.45, 2.75) is 68.6 Å². The Bertz CT molecular complexity index is 903. The van der Waals surface area contributed by atoms with E-state index < -0.39 is 34.3 Å². The Morgan fingerprint density at radius 1 is 1.32 bits per heavy atom. The third-order valence-electron chi connectivity index (χ3n) is 5.71. The highest BCUT2D eigenvalue weighted by Crippen LogP contribution is 2.40. The van der Waals surface area contributed by atoms with E-state index in [1.165, 1.54) is 4.90 Å². The number of nitriles is 1. The highest BCUT2D eigenvalue weighted by atomic mass is 32.1. The van der Waals surface area contributed by atoms with Crippen molar-refractivity contribution >= 4 is 30.4 Å². The van der Waals surface area contributed by atoms with Crippen molar-refractivity contribution in [3.05, 3.63) is 35.4 Å². The summed E-state index contributed by atoms with van der Waals surface area (Å²) >= 11 is 4.45. The lowest BCUT2D eigenvalue weighted by Crippen LogP contribution is -2.60. The van der Waals surface area contributed by atoms with Gasteiger partial charge >= 0.3 is 0 Å². The number of thiol groups is 1. The number of hydrogen-bond acceptors (Lipinski definition) is 5. The molecule has 2 fully saturated rings. The second kappa shape index (κ2) is 8.87. The molecule has 1 heterocycles. The zero-order chi connectivity index (χ0) is 22.8. The van der Waals surface area contributed by atoms with Crippen molar-refractivity contribution in [3.63, 3.8) is 0 Å². The molecular formula is C22H27FN4O3S. The number of nitrogens with one attached hydrogen (secondary N) is 2. The zero-order valence-corrected chi connectivity index (χ0v) is 18.5. The first-order valence-corrected chi connectivity index (χ1v) is 10.8. The van der Waals surface area contributed by atoms with E-state index in [-0.39, 0.29) is 25.3 Å². The van der Waals surface area contributed by atoms with Crippen molar-refractivity contribution in [1.29, 1.82) is 5.26 Å². The summed E-state index contributed by atoms with van der Waals surface area (Å²) in [7, 11) is 0. The van der Waals surface area contributed by atoms with E-state index in [4.69, 9.17) is 5.26 Å². The minimum Gasteiger partial charge on any atom is -0.350 e. The van der Waals surface area contributed by atoms with Crippen molar-refractivity contribution in [1.82, 2.24) is 15.5 Å². The summed E-state index contributed by atoms with van der Waals surface area (Å²) in [5.74, 6) is -1.52. The lowest BCUT2D eigenvalue weighted by atomic mass is 10.0. The highest BCUT2D eigenvalue weighted by molar-refractivity contribution is 7.81. The number of rotatable bonds is 7. The van der Waals surface area contributed by atoms with E-state index in [2.05, 4.69) is 23.3 Å². The predicted octanol–water partition coefficient (Wildman–Crippen LogP) is 1.86. The minimum atomic E-state index is -1.90. The van der Waals surface area contributed by atoms with Gasteiger partial charge in [-0.25, -0.2) is 4.39 Å². The van der Waals surface area contributed by atoms with Gasteiger partial charge in [-0.05, 0) is 57.2 Å². The van der Waals surface area contributed by atoms with E-state index >= 15 is 0 Å². The monoisotopic (exact) mass is 446 g/mol. The number of amides is 3. The quantitative estimate of drug-likeness (QED) is 0.557. The molecule has 0 aromatic heterocycles. The number of likely N-dealkylation sites (tertiary alicyclic amines) is 1. The maximum atomic E-state index is 14.2. The Hall–Kier alpha value is -2.60. The first-order valence-electron chi connectivity index (χ1n) is 10.3. The van der Waals surface area contributed by atoms with Crippen LogP contribution in [-0.2, 0) is 20.9 Å². The maximum absolute atomic E-state index is 14.2. The van der Waals surface area contributed by atoms with E-state index in [0.717, 1.165) is 5.56 Å². The molecule has 0 radical (unpaired) electrons. The summed E-state index contributed by atoms with van der Waals surface area (Å²) in [5, 5.41) is 14.2. The summed E-state index contributed by atoms with van der Waals surface area (Å²) in [6.45, 7) is 4.00. The first-order chi connectivity index (χ1) is 14.5. The topological polar surface area (TPSA) is 102 Å². The number of nitrogens with zero attached hydrogens (tertiary/aromatic N) is 2. The maximum Gasteiger partial charge on any atom is 0.258 e. The molecule has 31 heavy (non-hydrogen) atoms. The predicted molar refractivity (Wildman–Crippen MR) is 116 cm³/mol. The van der Waals surface area contributed by atoms with Gasteiger partial charge in [0, 0.05) is 17.8 Å². The Morgan fingerprint density at radius 3 is 2.52 bits per heavy atom. The number of carbonyl (C=O) groups is 3. The van der Waals surface area contributed by atoms with Crippen LogP contribution in [-0.4, -0.2) is 51.7 Å². The smallest absolute Gasteiger partial charge is 0.258 e. The van der Waals surface area contributed by atoms with Crippen LogP contribution in [0.5, 0.6) is 0 Å². The molecule has 2 aliphatic rings. The molecule has 9 heteroatoms. The van der Waals surface area contributed by atoms with Crippen molar-refractivity contribution in [2.24, 2.45) is 0 Å². The second-order valence-electron chi connectivity index (χ2n) is 8.74. The van der Waals surface area contributed by atoms with Crippen LogP contribution in [0.25, 0.3) is 0 Å². The van der Waals surface area contributed by atoms with Crippen molar-refractivity contribution in [2.75, 3.05) is 6.54 Å². The van der Waals surface area contributed by atoms with Gasteiger partial charge < -0.3 is 15.5 Å². The molecule has 0 bridgehead atoms. The highest BCUT2D eigenvalue weighted by Gasteiger charge is 2.53. The van der Waals surface area contributed by atoms with Gasteiger partial charge in [0.1, 0.15) is 12.1 Å². The summed E-state index contributed by atoms with van der Waals surface area (Å²) in [6, 6.07) is 7.19. The Labute approximate surface area is 186 Å². The SMILES string of the molecule is CC(C)(S)C(NC(=O)C1(F)CC1)C(=O)N1CCCC1C(=O)NCc1ccc(C#N)cc1. The third kappa shape index (κ3) is 5.37. The molecule has 0 spiro atoms. The van der Waals surface area contributed by atoms with Gasteiger partial charge in [-0.1, -0.05) is 12.1 Å². The molecule has 1 saturated heterocycles. The molecule has 166 valence electrons. The van der Waals surface area contributed by atoms with Crippen LogP contribution in [0.3, 0.4) is 0 Å². The van der Waals surface area contributed by atoms with Crippen LogP contribution in [0, 0.1) is 11.3 Å². The third-order valence-corrected chi connectivity index (χ3v) is 5.97. The number of carbonyl (C=O) groups excluding carboxylic acids is 3. The van der Waals surface area contributed by atoms with E-state index in [1.807, 2.05) is 6.07 Å². The molecule has 1 saturated carbocycles. The van der Waals surface area contributed by atoms with Crippen LogP contribution >= 0.6 is 12.6 Å². The fourth-order valence-electron chi connectivity index (χ4n) is 3.61. The molecule has 2 N–H and O–H groups in total. The number of hydrogen-bond donors (Lipinski definition) is 3. The van der Waals surface area contributed by atoms with E-state index in [0.29, 0.717) is 24.9 Å². The molecule has 2 unspecified atom stereocenters. The molecule has 1 aromatic rings. The van der Waals surface area contributed by atoms with Crippen LogP contribution in [0.15, 0.2) is 24.3 Å². The molecule has 1 aromatic carbocycles. The van der Waals surface area contributed by atoms with E-state index in [9.17, 15) is 18.8 Å². The van der Waals surface area contributed by atoms with Gasteiger partial charge in [-0.15, -0.1) is 0 Å². The average molecular weight is 447 g/mol. The summed E-state index contributed by atoms with van der Waals surface area (Å²) in [4.78, 5) is 39.7. The summed E-state index contributed by atoms with van der Waals surface area (Å²) in [5.41, 5.74) is -0.533.